The van der Waals surface area contributed by atoms with Crippen LogP contribution in [0.25, 0.3) is 0 Å². The van der Waals surface area contributed by atoms with Crippen molar-refractivity contribution in [3.63, 3.8) is 0 Å². The Bertz CT molecular complexity index is 823. The Hall–Kier alpha value is -2.58. The van der Waals surface area contributed by atoms with Crippen LogP contribution in [-0.4, -0.2) is 43.9 Å². The Morgan fingerprint density at radius 2 is 2.08 bits per heavy atom. The number of nitrogens with one attached hydrogen (secondary N) is 2. The molecule has 2 N–H and O–H groups in total. The standard InChI is InChI=1S/C17H24N6O3/c1-17(6-2-3-7-17)13-10-14(21-26-13)19-15(24)22-8-4-12(5-9-22)23-11-18-20-16(23)25/h10-12H,2-9H2,1H3,(H,20,25)(H,19,21,24). The van der Waals surface area contributed by atoms with Crippen LogP contribution in [-0.2, 0) is 5.41 Å². The van der Waals surface area contributed by atoms with E-state index in [1.165, 1.54) is 19.2 Å². The van der Waals surface area contributed by atoms with E-state index in [-0.39, 0.29) is 23.2 Å². The fourth-order valence-electron chi connectivity index (χ4n) is 4.07. The number of likely N-dealkylation sites (tertiary alicyclic amines) is 1. The van der Waals surface area contributed by atoms with Gasteiger partial charge in [-0.05, 0) is 25.7 Å². The molecule has 2 aromatic rings. The van der Waals surface area contributed by atoms with Gasteiger partial charge >= 0.3 is 11.7 Å². The topological polar surface area (TPSA) is 109 Å². The average molecular weight is 360 g/mol. The minimum atomic E-state index is -0.205. The van der Waals surface area contributed by atoms with Gasteiger partial charge in [0, 0.05) is 30.6 Å². The molecular weight excluding hydrogens is 336 g/mol. The normalized spacial score (nSPS) is 20.4. The Labute approximate surface area is 150 Å². The van der Waals surface area contributed by atoms with Crippen molar-refractivity contribution in [3.8, 4) is 0 Å². The Kier molecular flexibility index (Phi) is 4.29. The molecule has 0 unspecified atom stereocenters. The summed E-state index contributed by atoms with van der Waals surface area (Å²) in [6.07, 6.45) is 7.54. The highest BCUT2D eigenvalue weighted by atomic mass is 16.5. The van der Waals surface area contributed by atoms with E-state index in [4.69, 9.17) is 4.52 Å². The number of aromatic nitrogens is 4. The number of piperidine rings is 1. The Morgan fingerprint density at radius 1 is 1.35 bits per heavy atom. The van der Waals surface area contributed by atoms with Crippen molar-refractivity contribution in [2.24, 2.45) is 0 Å². The second kappa shape index (κ2) is 6.62. The molecular formula is C17H24N6O3. The first-order chi connectivity index (χ1) is 12.5. The van der Waals surface area contributed by atoms with Gasteiger partial charge in [0.15, 0.2) is 5.82 Å². The lowest BCUT2D eigenvalue weighted by Crippen LogP contribution is -2.42. The van der Waals surface area contributed by atoms with Gasteiger partial charge < -0.3 is 9.42 Å². The molecule has 4 rings (SSSR count). The number of nitrogens with zero attached hydrogens (tertiary/aromatic N) is 4. The molecule has 2 amide bonds. The van der Waals surface area contributed by atoms with Gasteiger partial charge in [-0.1, -0.05) is 24.9 Å². The lowest BCUT2D eigenvalue weighted by Gasteiger charge is -2.31. The summed E-state index contributed by atoms with van der Waals surface area (Å²) >= 11 is 0. The molecule has 9 nitrogen and oxygen atoms in total. The third-order valence-electron chi connectivity index (χ3n) is 5.77. The number of urea groups is 1. The van der Waals surface area contributed by atoms with E-state index in [0.717, 1.165) is 31.4 Å². The van der Waals surface area contributed by atoms with Crippen LogP contribution in [0.15, 0.2) is 21.7 Å². The van der Waals surface area contributed by atoms with Crippen molar-refractivity contribution in [1.82, 2.24) is 24.8 Å². The number of amides is 2. The molecule has 9 heteroatoms. The molecule has 0 bridgehead atoms. The van der Waals surface area contributed by atoms with E-state index >= 15 is 0 Å². The number of carbonyl (C=O) groups excluding carboxylic acids is 1. The third kappa shape index (κ3) is 3.13. The predicted molar refractivity (Wildman–Crippen MR) is 94.0 cm³/mol. The van der Waals surface area contributed by atoms with Crippen molar-refractivity contribution >= 4 is 11.8 Å². The molecule has 0 atom stereocenters. The van der Waals surface area contributed by atoms with Crippen LogP contribution in [0, 0.1) is 0 Å². The highest BCUT2D eigenvalue weighted by Gasteiger charge is 2.34. The first-order valence-corrected chi connectivity index (χ1v) is 9.20. The lowest BCUT2D eigenvalue weighted by atomic mass is 9.86. The molecule has 2 aliphatic rings. The van der Waals surface area contributed by atoms with Crippen LogP contribution >= 0.6 is 0 Å². The summed E-state index contributed by atoms with van der Waals surface area (Å²) in [5, 5.41) is 13.0. The predicted octanol–water partition coefficient (Wildman–Crippen LogP) is 2.26. The largest absolute Gasteiger partial charge is 0.359 e. The van der Waals surface area contributed by atoms with Crippen molar-refractivity contribution < 1.29 is 9.32 Å². The van der Waals surface area contributed by atoms with Crippen molar-refractivity contribution in [2.45, 2.75) is 56.9 Å². The van der Waals surface area contributed by atoms with Gasteiger partial charge in [-0.25, -0.2) is 14.7 Å². The summed E-state index contributed by atoms with van der Waals surface area (Å²) in [5.41, 5.74) is -0.171. The second-order valence-corrected chi connectivity index (χ2v) is 7.56. The van der Waals surface area contributed by atoms with E-state index in [2.05, 4.69) is 27.6 Å². The van der Waals surface area contributed by atoms with Gasteiger partial charge in [0.1, 0.15) is 12.1 Å². The molecule has 0 spiro atoms. The monoisotopic (exact) mass is 360 g/mol. The fourth-order valence-corrected chi connectivity index (χ4v) is 4.07. The van der Waals surface area contributed by atoms with Gasteiger partial charge in [0.05, 0.1) is 0 Å². The lowest BCUT2D eigenvalue weighted by molar-refractivity contribution is 0.182. The molecule has 140 valence electrons. The number of carbonyl (C=O) groups is 1. The maximum Gasteiger partial charge on any atom is 0.343 e. The summed E-state index contributed by atoms with van der Waals surface area (Å²) in [6, 6.07) is 1.74. The second-order valence-electron chi connectivity index (χ2n) is 7.56. The quantitative estimate of drug-likeness (QED) is 0.872. The molecule has 1 aliphatic heterocycles. The molecule has 1 saturated heterocycles. The Balaban J connectivity index is 1.34. The van der Waals surface area contributed by atoms with Crippen molar-refractivity contribution in [1.29, 1.82) is 0 Å². The van der Waals surface area contributed by atoms with Crippen LogP contribution in [0.4, 0.5) is 10.6 Å². The highest BCUT2D eigenvalue weighted by molar-refractivity contribution is 5.88. The van der Waals surface area contributed by atoms with Crippen LogP contribution in [0.3, 0.4) is 0 Å². The van der Waals surface area contributed by atoms with Gasteiger partial charge in [0.2, 0.25) is 0 Å². The molecule has 0 aromatic carbocycles. The van der Waals surface area contributed by atoms with E-state index in [9.17, 15) is 9.59 Å². The smallest absolute Gasteiger partial charge is 0.343 e. The van der Waals surface area contributed by atoms with E-state index in [1.54, 1.807) is 9.47 Å². The number of anilines is 1. The number of rotatable bonds is 3. The number of aromatic amines is 1. The zero-order valence-corrected chi connectivity index (χ0v) is 14.9. The van der Waals surface area contributed by atoms with Gasteiger partial charge in [-0.3, -0.25) is 9.88 Å². The molecule has 2 aromatic heterocycles. The van der Waals surface area contributed by atoms with Gasteiger partial charge in [-0.15, -0.1) is 0 Å². The fraction of sp³-hybridized carbons (Fsp3) is 0.647. The summed E-state index contributed by atoms with van der Waals surface area (Å²) in [4.78, 5) is 25.9. The maximum atomic E-state index is 12.5. The number of H-pyrrole nitrogens is 1. The molecule has 2 fully saturated rings. The van der Waals surface area contributed by atoms with Crippen LogP contribution < -0.4 is 11.0 Å². The van der Waals surface area contributed by atoms with Crippen molar-refractivity contribution in [2.75, 3.05) is 18.4 Å². The minimum absolute atomic E-state index is 0.0339. The molecule has 0 radical (unpaired) electrons. The van der Waals surface area contributed by atoms with Crippen LogP contribution in [0.2, 0.25) is 0 Å². The van der Waals surface area contributed by atoms with E-state index in [0.29, 0.717) is 18.9 Å². The SMILES string of the molecule is CC1(c2cc(NC(=O)N3CCC(n4cn[nH]c4=O)CC3)no2)CCCC1. The van der Waals surface area contributed by atoms with Crippen molar-refractivity contribution in [3.05, 3.63) is 28.6 Å². The van der Waals surface area contributed by atoms with Crippen LogP contribution in [0.5, 0.6) is 0 Å². The minimum Gasteiger partial charge on any atom is -0.359 e. The zero-order chi connectivity index (χ0) is 18.1. The Morgan fingerprint density at radius 3 is 2.73 bits per heavy atom. The number of hydrogen-bond donors (Lipinski definition) is 2. The highest BCUT2D eigenvalue weighted by Crippen LogP contribution is 2.41. The zero-order valence-electron chi connectivity index (χ0n) is 14.9. The third-order valence-corrected chi connectivity index (χ3v) is 5.77. The van der Waals surface area contributed by atoms with Gasteiger partial charge in [0.25, 0.3) is 0 Å². The molecule has 26 heavy (non-hydrogen) atoms. The molecule has 1 saturated carbocycles. The van der Waals surface area contributed by atoms with E-state index < -0.39 is 0 Å². The number of hydrogen-bond acceptors (Lipinski definition) is 5. The first kappa shape index (κ1) is 16.9. The summed E-state index contributed by atoms with van der Waals surface area (Å²) < 4.78 is 7.09. The first-order valence-electron chi connectivity index (χ1n) is 9.20. The summed E-state index contributed by atoms with van der Waals surface area (Å²) in [5.74, 6) is 1.31. The summed E-state index contributed by atoms with van der Waals surface area (Å²) in [7, 11) is 0. The maximum absolute atomic E-state index is 12.5. The van der Waals surface area contributed by atoms with Crippen LogP contribution in [0.1, 0.15) is 57.3 Å². The van der Waals surface area contributed by atoms with E-state index in [1.807, 2.05) is 6.07 Å². The van der Waals surface area contributed by atoms with Gasteiger partial charge in [-0.2, -0.15) is 5.10 Å². The molecule has 1 aliphatic carbocycles. The summed E-state index contributed by atoms with van der Waals surface area (Å²) in [6.45, 7) is 3.35. The molecule has 3 heterocycles. The average Bonchev–Trinajstić information content (AvgIpc) is 3.37.